The third kappa shape index (κ3) is 3.55. The van der Waals surface area contributed by atoms with Gasteiger partial charge in [0.1, 0.15) is 11.4 Å². The summed E-state index contributed by atoms with van der Waals surface area (Å²) in [4.78, 5) is 16.1. The van der Waals surface area contributed by atoms with Crippen LogP contribution >= 0.6 is 0 Å². The lowest BCUT2D eigenvalue weighted by Gasteiger charge is -2.11. The third-order valence-electron chi connectivity index (χ3n) is 4.84. The molecule has 8 nitrogen and oxygen atoms in total. The van der Waals surface area contributed by atoms with Crippen molar-refractivity contribution in [3.63, 3.8) is 0 Å². The summed E-state index contributed by atoms with van der Waals surface area (Å²) in [7, 11) is 4.67. The second kappa shape index (κ2) is 8.20. The van der Waals surface area contributed by atoms with Gasteiger partial charge in [0, 0.05) is 29.5 Å². The molecule has 0 unspecified atom stereocenters. The zero-order valence-corrected chi connectivity index (χ0v) is 16.9. The lowest BCUT2D eigenvalue weighted by atomic mass is 10.1. The highest BCUT2D eigenvalue weighted by molar-refractivity contribution is 6.08. The average molecular weight is 406 g/mol. The first-order valence-corrected chi connectivity index (χ1v) is 9.33. The maximum atomic E-state index is 13.0. The van der Waals surface area contributed by atoms with E-state index in [-0.39, 0.29) is 5.91 Å². The molecule has 0 bridgehead atoms. The van der Waals surface area contributed by atoms with Crippen molar-refractivity contribution in [1.82, 2.24) is 14.8 Å². The Balaban J connectivity index is 1.68. The van der Waals surface area contributed by atoms with Gasteiger partial charge < -0.3 is 24.5 Å². The van der Waals surface area contributed by atoms with Gasteiger partial charge in [-0.25, -0.2) is 0 Å². The summed E-state index contributed by atoms with van der Waals surface area (Å²) in [5.41, 5.74) is 2.67. The van der Waals surface area contributed by atoms with Gasteiger partial charge in [-0.05, 0) is 23.8 Å². The number of H-pyrrole nitrogens is 1. The molecule has 154 valence electrons. The molecule has 0 aliphatic heterocycles. The van der Waals surface area contributed by atoms with E-state index >= 15 is 0 Å². The molecule has 30 heavy (non-hydrogen) atoms. The number of anilines is 1. The molecule has 2 aromatic heterocycles. The Labute approximate surface area is 173 Å². The molecule has 2 aromatic carbocycles. The number of para-hydroxylation sites is 1. The lowest BCUT2D eigenvalue weighted by molar-refractivity contribution is 0.102. The largest absolute Gasteiger partial charge is 0.496 e. The summed E-state index contributed by atoms with van der Waals surface area (Å²) in [6.07, 6.45) is 3.60. The first kappa shape index (κ1) is 19.4. The van der Waals surface area contributed by atoms with Crippen LogP contribution in [0.3, 0.4) is 0 Å². The van der Waals surface area contributed by atoms with E-state index in [1.54, 1.807) is 44.3 Å². The van der Waals surface area contributed by atoms with Crippen LogP contribution in [0.2, 0.25) is 0 Å². The Morgan fingerprint density at radius 3 is 2.57 bits per heavy atom. The number of aromatic amines is 1. The first-order valence-electron chi connectivity index (χ1n) is 9.33. The molecule has 1 amide bonds. The number of fused-ring (bicyclic) bond motifs is 1. The van der Waals surface area contributed by atoms with Gasteiger partial charge in [-0.1, -0.05) is 18.2 Å². The molecule has 0 aliphatic carbocycles. The van der Waals surface area contributed by atoms with Crippen LogP contribution in [-0.2, 0) is 6.54 Å². The molecule has 0 spiro atoms. The SMILES string of the molecule is COc1cc(OC)c2cc(C(=O)Nc3ccccc3Cn3cccn3)[nH]c2c1OC. The maximum absolute atomic E-state index is 13.0. The van der Waals surface area contributed by atoms with E-state index in [9.17, 15) is 4.79 Å². The second-order valence-corrected chi connectivity index (χ2v) is 6.60. The van der Waals surface area contributed by atoms with Crippen molar-refractivity contribution in [2.24, 2.45) is 0 Å². The van der Waals surface area contributed by atoms with Gasteiger partial charge >= 0.3 is 0 Å². The number of ether oxygens (including phenoxy) is 3. The van der Waals surface area contributed by atoms with Crippen molar-refractivity contribution in [3.05, 3.63) is 66.1 Å². The monoisotopic (exact) mass is 406 g/mol. The van der Waals surface area contributed by atoms with E-state index in [1.165, 1.54) is 0 Å². The number of nitrogens with one attached hydrogen (secondary N) is 2. The number of hydrogen-bond acceptors (Lipinski definition) is 5. The fourth-order valence-corrected chi connectivity index (χ4v) is 3.40. The number of benzene rings is 2. The standard InChI is InChI=1S/C22H22N4O4/c1-28-18-12-19(29-2)21(30-3)20-15(18)11-17(24-20)22(27)25-16-8-5-4-7-14(16)13-26-10-6-9-23-26/h4-12,24H,13H2,1-3H3,(H,25,27). The van der Waals surface area contributed by atoms with Gasteiger partial charge in [0.2, 0.25) is 0 Å². The van der Waals surface area contributed by atoms with Crippen LogP contribution in [0.15, 0.2) is 54.9 Å². The summed E-state index contributed by atoms with van der Waals surface area (Å²) in [6.45, 7) is 0.551. The quantitative estimate of drug-likeness (QED) is 0.489. The van der Waals surface area contributed by atoms with E-state index in [4.69, 9.17) is 14.2 Å². The van der Waals surface area contributed by atoms with Gasteiger partial charge in [0.05, 0.1) is 33.4 Å². The van der Waals surface area contributed by atoms with Crippen molar-refractivity contribution in [2.75, 3.05) is 26.6 Å². The van der Waals surface area contributed by atoms with Gasteiger partial charge in [0.15, 0.2) is 11.5 Å². The lowest BCUT2D eigenvalue weighted by Crippen LogP contribution is -2.14. The Bertz CT molecular complexity index is 1180. The molecular formula is C22H22N4O4. The van der Waals surface area contributed by atoms with Gasteiger partial charge in [-0.15, -0.1) is 0 Å². The topological polar surface area (TPSA) is 90.4 Å². The predicted molar refractivity (Wildman–Crippen MR) is 114 cm³/mol. The summed E-state index contributed by atoms with van der Waals surface area (Å²) in [5, 5.41) is 7.94. The maximum Gasteiger partial charge on any atom is 0.272 e. The summed E-state index contributed by atoms with van der Waals surface area (Å²) in [5.74, 6) is 1.32. The highest BCUT2D eigenvalue weighted by Gasteiger charge is 2.20. The van der Waals surface area contributed by atoms with Crippen LogP contribution in [-0.4, -0.2) is 42.0 Å². The first-order chi connectivity index (χ1) is 14.6. The number of aromatic nitrogens is 3. The summed E-state index contributed by atoms with van der Waals surface area (Å²) in [6, 6.07) is 13.0. The zero-order chi connectivity index (χ0) is 21.1. The molecule has 8 heteroatoms. The normalized spacial score (nSPS) is 10.8. The van der Waals surface area contributed by atoms with Crippen LogP contribution in [0.25, 0.3) is 10.9 Å². The van der Waals surface area contributed by atoms with Crippen molar-refractivity contribution in [2.45, 2.75) is 6.54 Å². The van der Waals surface area contributed by atoms with E-state index in [2.05, 4.69) is 15.4 Å². The Hall–Kier alpha value is -3.94. The van der Waals surface area contributed by atoms with Crippen LogP contribution in [0.4, 0.5) is 5.69 Å². The Morgan fingerprint density at radius 1 is 1.07 bits per heavy atom. The van der Waals surface area contributed by atoms with Crippen LogP contribution < -0.4 is 19.5 Å². The minimum atomic E-state index is -0.276. The minimum Gasteiger partial charge on any atom is -0.496 e. The predicted octanol–water partition coefficient (Wildman–Crippen LogP) is 3.69. The Kier molecular flexibility index (Phi) is 5.30. The number of carbonyl (C=O) groups is 1. The molecule has 2 N–H and O–H groups in total. The van der Waals surface area contributed by atoms with Crippen LogP contribution in [0.1, 0.15) is 16.1 Å². The molecule has 0 fully saturated rings. The van der Waals surface area contributed by atoms with Crippen molar-refractivity contribution in [3.8, 4) is 17.2 Å². The number of hydrogen-bond donors (Lipinski definition) is 2. The molecule has 2 heterocycles. The van der Waals surface area contributed by atoms with E-state index < -0.39 is 0 Å². The molecule has 0 radical (unpaired) electrons. The van der Waals surface area contributed by atoms with Crippen LogP contribution in [0.5, 0.6) is 17.2 Å². The smallest absolute Gasteiger partial charge is 0.272 e. The van der Waals surface area contributed by atoms with Crippen molar-refractivity contribution in [1.29, 1.82) is 0 Å². The molecule has 0 saturated carbocycles. The van der Waals surface area contributed by atoms with Crippen LogP contribution in [0, 0.1) is 0 Å². The minimum absolute atomic E-state index is 0.276. The average Bonchev–Trinajstić information content (AvgIpc) is 3.44. The van der Waals surface area contributed by atoms with E-state index in [0.29, 0.717) is 40.7 Å². The fraction of sp³-hybridized carbons (Fsp3) is 0.182. The van der Waals surface area contributed by atoms with Crippen molar-refractivity contribution < 1.29 is 19.0 Å². The molecule has 0 atom stereocenters. The summed E-state index contributed by atoms with van der Waals surface area (Å²) >= 11 is 0. The second-order valence-electron chi connectivity index (χ2n) is 6.60. The molecule has 0 saturated heterocycles. The number of nitrogens with zero attached hydrogens (tertiary/aromatic N) is 2. The summed E-state index contributed by atoms with van der Waals surface area (Å²) < 4.78 is 18.1. The highest BCUT2D eigenvalue weighted by Crippen LogP contribution is 2.41. The number of rotatable bonds is 7. The number of methoxy groups -OCH3 is 3. The highest BCUT2D eigenvalue weighted by atomic mass is 16.5. The van der Waals surface area contributed by atoms with Crippen molar-refractivity contribution >= 4 is 22.5 Å². The molecule has 4 aromatic rings. The fourth-order valence-electron chi connectivity index (χ4n) is 3.40. The van der Waals surface area contributed by atoms with Gasteiger partial charge in [0.25, 0.3) is 5.91 Å². The number of amides is 1. The molecule has 0 aliphatic rings. The van der Waals surface area contributed by atoms with E-state index in [1.807, 2.05) is 36.5 Å². The molecule has 4 rings (SSSR count). The van der Waals surface area contributed by atoms with Gasteiger partial charge in [-0.3, -0.25) is 9.48 Å². The van der Waals surface area contributed by atoms with E-state index in [0.717, 1.165) is 10.9 Å². The molecular weight excluding hydrogens is 384 g/mol. The third-order valence-corrected chi connectivity index (χ3v) is 4.84. The van der Waals surface area contributed by atoms with Gasteiger partial charge in [-0.2, -0.15) is 5.10 Å². The Morgan fingerprint density at radius 2 is 1.87 bits per heavy atom. The number of carbonyl (C=O) groups excluding carboxylic acids is 1. The zero-order valence-electron chi connectivity index (χ0n) is 16.9.